The molecule has 3 rings (SSSR count). The molecule has 0 spiro atoms. The summed E-state index contributed by atoms with van der Waals surface area (Å²) in [4.78, 5) is 4.34. The summed E-state index contributed by atoms with van der Waals surface area (Å²) >= 11 is 0. The molecule has 2 aromatic heterocycles. The van der Waals surface area contributed by atoms with Crippen molar-refractivity contribution in [2.45, 2.75) is 13.5 Å². The molecule has 2 heterocycles. The van der Waals surface area contributed by atoms with Gasteiger partial charge in [0.25, 0.3) is 0 Å². The van der Waals surface area contributed by atoms with E-state index in [0.717, 1.165) is 16.7 Å². The molecule has 0 atom stereocenters. The van der Waals surface area contributed by atoms with Crippen LogP contribution in [0.1, 0.15) is 11.5 Å². The van der Waals surface area contributed by atoms with Crippen molar-refractivity contribution in [3.05, 3.63) is 29.7 Å². The van der Waals surface area contributed by atoms with Crippen LogP contribution >= 0.6 is 0 Å². The zero-order chi connectivity index (χ0) is 15.0. The summed E-state index contributed by atoms with van der Waals surface area (Å²) in [6.07, 6.45) is 0. The number of hydrogen-bond donors (Lipinski definition) is 1. The van der Waals surface area contributed by atoms with Gasteiger partial charge in [0.1, 0.15) is 0 Å². The third-order valence-electron chi connectivity index (χ3n) is 3.27. The van der Waals surface area contributed by atoms with Gasteiger partial charge in [0, 0.05) is 18.2 Å². The Morgan fingerprint density at radius 3 is 2.52 bits per heavy atom. The molecule has 110 valence electrons. The summed E-state index contributed by atoms with van der Waals surface area (Å²) in [6.45, 7) is 2.33. The largest absolute Gasteiger partial charge is 0.493 e. The number of aromatic nitrogens is 3. The van der Waals surface area contributed by atoms with Crippen molar-refractivity contribution in [2.75, 3.05) is 20.0 Å². The number of anilines is 1. The fraction of sp³-hybridized carbons (Fsp3) is 0.286. The van der Waals surface area contributed by atoms with Gasteiger partial charge >= 0.3 is 0 Å². The number of hydrogen-bond acceptors (Lipinski definition) is 6. The lowest BCUT2D eigenvalue weighted by atomic mass is 10.2. The number of nitrogens with two attached hydrogens (primary N) is 1. The van der Waals surface area contributed by atoms with Gasteiger partial charge in [-0.15, -0.1) is 0 Å². The predicted molar refractivity (Wildman–Crippen MR) is 77.6 cm³/mol. The molecule has 0 amide bonds. The molecule has 0 radical (unpaired) electrons. The number of imidazole rings is 1. The van der Waals surface area contributed by atoms with E-state index < -0.39 is 0 Å². The fourth-order valence-corrected chi connectivity index (χ4v) is 2.28. The molecule has 0 bridgehead atoms. The molecule has 7 nitrogen and oxygen atoms in total. The molecule has 7 heteroatoms. The van der Waals surface area contributed by atoms with Crippen LogP contribution in [-0.2, 0) is 6.54 Å². The topological polar surface area (TPSA) is 88.3 Å². The molecule has 0 fully saturated rings. The Balaban J connectivity index is 2.11. The minimum atomic E-state index is 0.398. The highest BCUT2D eigenvalue weighted by Crippen LogP contribution is 2.33. The number of aryl methyl sites for hydroxylation is 1. The Bertz CT molecular complexity index is 791. The van der Waals surface area contributed by atoms with E-state index in [1.165, 1.54) is 0 Å². The second-order valence-electron chi connectivity index (χ2n) is 4.69. The van der Waals surface area contributed by atoms with Crippen molar-refractivity contribution in [1.29, 1.82) is 0 Å². The first-order valence-corrected chi connectivity index (χ1v) is 6.42. The van der Waals surface area contributed by atoms with E-state index in [2.05, 4.69) is 10.1 Å². The van der Waals surface area contributed by atoms with Gasteiger partial charge in [-0.1, -0.05) is 5.16 Å². The Labute approximate surface area is 121 Å². The maximum atomic E-state index is 6.00. The van der Waals surface area contributed by atoms with Gasteiger partial charge in [-0.3, -0.25) is 0 Å². The summed E-state index contributed by atoms with van der Waals surface area (Å²) < 4.78 is 17.7. The Morgan fingerprint density at radius 2 is 1.90 bits per heavy atom. The summed E-state index contributed by atoms with van der Waals surface area (Å²) in [5.41, 5.74) is 8.41. The van der Waals surface area contributed by atoms with Gasteiger partial charge in [-0.25, -0.2) is 4.98 Å². The first-order chi connectivity index (χ1) is 10.1. The third kappa shape index (κ3) is 2.26. The summed E-state index contributed by atoms with van der Waals surface area (Å²) in [5, 5.41) is 3.87. The van der Waals surface area contributed by atoms with E-state index in [4.69, 9.17) is 19.7 Å². The molecular formula is C14H16N4O3. The van der Waals surface area contributed by atoms with Crippen molar-refractivity contribution in [3.63, 3.8) is 0 Å². The van der Waals surface area contributed by atoms with Crippen LogP contribution in [0.5, 0.6) is 11.5 Å². The number of nitrogens with zero attached hydrogens (tertiary/aromatic N) is 3. The van der Waals surface area contributed by atoms with E-state index in [-0.39, 0.29) is 0 Å². The maximum Gasteiger partial charge on any atom is 0.201 e. The Hall–Kier alpha value is -2.70. The first-order valence-electron chi connectivity index (χ1n) is 6.42. The number of ether oxygens (including phenoxy) is 2. The standard InChI is InChI=1S/C14H16N4O3/c1-8-4-9(21-17-8)7-18-11-6-13(20-3)12(19-2)5-10(11)16-14(18)15/h4-6H,7H2,1-3H3,(H2,15,16). The van der Waals surface area contributed by atoms with Gasteiger partial charge in [0.2, 0.25) is 5.95 Å². The van der Waals surface area contributed by atoms with Gasteiger partial charge in [0.05, 0.1) is 37.5 Å². The maximum absolute atomic E-state index is 6.00. The van der Waals surface area contributed by atoms with Crippen LogP contribution in [0.3, 0.4) is 0 Å². The smallest absolute Gasteiger partial charge is 0.201 e. The second-order valence-corrected chi connectivity index (χ2v) is 4.69. The highest BCUT2D eigenvalue weighted by Gasteiger charge is 2.15. The summed E-state index contributed by atoms with van der Waals surface area (Å²) in [5.74, 6) is 2.35. The molecule has 0 saturated carbocycles. The number of methoxy groups -OCH3 is 2. The zero-order valence-corrected chi connectivity index (χ0v) is 12.1. The molecule has 0 unspecified atom stereocenters. The van der Waals surface area contributed by atoms with E-state index in [9.17, 15) is 0 Å². The highest BCUT2D eigenvalue weighted by molar-refractivity contribution is 5.82. The van der Waals surface area contributed by atoms with Crippen molar-refractivity contribution >= 4 is 17.0 Å². The minimum absolute atomic E-state index is 0.398. The van der Waals surface area contributed by atoms with Crippen molar-refractivity contribution in [2.24, 2.45) is 0 Å². The molecular weight excluding hydrogens is 272 g/mol. The van der Waals surface area contributed by atoms with Crippen LogP contribution in [0.4, 0.5) is 5.95 Å². The molecule has 0 aliphatic heterocycles. The predicted octanol–water partition coefficient (Wildman–Crippen LogP) is 1.98. The van der Waals surface area contributed by atoms with E-state index in [0.29, 0.717) is 29.8 Å². The lowest BCUT2D eigenvalue weighted by molar-refractivity contribution is 0.355. The van der Waals surface area contributed by atoms with Crippen LogP contribution < -0.4 is 15.2 Å². The molecule has 0 aliphatic carbocycles. The average molecular weight is 288 g/mol. The van der Waals surface area contributed by atoms with Gasteiger partial charge in [0.15, 0.2) is 17.3 Å². The summed E-state index contributed by atoms with van der Waals surface area (Å²) in [7, 11) is 3.18. The Morgan fingerprint density at radius 1 is 1.19 bits per heavy atom. The minimum Gasteiger partial charge on any atom is -0.493 e. The highest BCUT2D eigenvalue weighted by atomic mass is 16.5. The van der Waals surface area contributed by atoms with Crippen LogP contribution in [0, 0.1) is 6.92 Å². The average Bonchev–Trinajstić information content (AvgIpc) is 3.02. The molecule has 0 saturated heterocycles. The SMILES string of the molecule is COc1cc2nc(N)n(Cc3cc(C)no3)c2cc1OC. The van der Waals surface area contributed by atoms with Crippen molar-refractivity contribution < 1.29 is 14.0 Å². The van der Waals surface area contributed by atoms with Gasteiger partial charge < -0.3 is 24.3 Å². The van der Waals surface area contributed by atoms with Crippen LogP contribution in [0.15, 0.2) is 22.7 Å². The molecule has 1 aromatic carbocycles. The molecule has 21 heavy (non-hydrogen) atoms. The van der Waals surface area contributed by atoms with Gasteiger partial charge in [-0.2, -0.15) is 0 Å². The normalized spacial score (nSPS) is 11.0. The van der Waals surface area contributed by atoms with Gasteiger partial charge in [-0.05, 0) is 6.92 Å². The number of nitrogen functional groups attached to an aromatic ring is 1. The van der Waals surface area contributed by atoms with Crippen LogP contribution in [0.25, 0.3) is 11.0 Å². The summed E-state index contributed by atoms with van der Waals surface area (Å²) in [6, 6.07) is 5.51. The van der Waals surface area contributed by atoms with Crippen molar-refractivity contribution in [3.8, 4) is 11.5 Å². The lowest BCUT2D eigenvalue weighted by Crippen LogP contribution is -2.04. The zero-order valence-electron chi connectivity index (χ0n) is 12.1. The van der Waals surface area contributed by atoms with E-state index in [1.807, 2.05) is 23.6 Å². The van der Waals surface area contributed by atoms with E-state index >= 15 is 0 Å². The fourth-order valence-electron chi connectivity index (χ4n) is 2.28. The molecule has 0 aliphatic rings. The van der Waals surface area contributed by atoms with Crippen LogP contribution in [0.2, 0.25) is 0 Å². The number of benzene rings is 1. The number of rotatable bonds is 4. The van der Waals surface area contributed by atoms with Crippen molar-refractivity contribution in [1.82, 2.24) is 14.7 Å². The van der Waals surface area contributed by atoms with E-state index in [1.54, 1.807) is 20.3 Å². The Kier molecular flexibility index (Phi) is 3.17. The van der Waals surface area contributed by atoms with Crippen LogP contribution in [-0.4, -0.2) is 28.9 Å². The molecule has 3 aromatic rings. The quantitative estimate of drug-likeness (QED) is 0.789. The monoisotopic (exact) mass is 288 g/mol. The second kappa shape index (κ2) is 5.01. The molecule has 2 N–H and O–H groups in total. The number of fused-ring (bicyclic) bond motifs is 1. The first kappa shape index (κ1) is 13.3. The lowest BCUT2D eigenvalue weighted by Gasteiger charge is -2.08. The third-order valence-corrected chi connectivity index (χ3v) is 3.27.